The van der Waals surface area contributed by atoms with Crippen LogP contribution in [0.2, 0.25) is 5.28 Å². The van der Waals surface area contributed by atoms with Crippen LogP contribution in [-0.4, -0.2) is 36.2 Å². The van der Waals surface area contributed by atoms with Gasteiger partial charge in [-0.2, -0.15) is 15.0 Å². The molecule has 0 aliphatic rings. The standard InChI is InChI=1S/C13H15ClN4O/c1-8-7-9(19-4)5-6-10(8)11-15-12(14)17-13(16-11)18(2)3/h5-7H,1-4H3. The van der Waals surface area contributed by atoms with Crippen LogP contribution in [0.25, 0.3) is 11.4 Å². The van der Waals surface area contributed by atoms with Crippen molar-refractivity contribution in [3.05, 3.63) is 29.0 Å². The first-order valence-corrected chi connectivity index (χ1v) is 6.13. The molecule has 0 saturated heterocycles. The van der Waals surface area contributed by atoms with Gasteiger partial charge in [0.2, 0.25) is 11.2 Å². The van der Waals surface area contributed by atoms with Gasteiger partial charge in [-0.05, 0) is 42.3 Å². The monoisotopic (exact) mass is 278 g/mol. The molecule has 1 aromatic heterocycles. The molecule has 100 valence electrons. The minimum Gasteiger partial charge on any atom is -0.497 e. The van der Waals surface area contributed by atoms with Gasteiger partial charge in [0, 0.05) is 19.7 Å². The van der Waals surface area contributed by atoms with Crippen molar-refractivity contribution >= 4 is 17.5 Å². The second-order valence-corrected chi connectivity index (χ2v) is 4.64. The third-order valence-corrected chi connectivity index (χ3v) is 2.84. The minimum atomic E-state index is 0.184. The van der Waals surface area contributed by atoms with Crippen molar-refractivity contribution in [1.29, 1.82) is 0 Å². The summed E-state index contributed by atoms with van der Waals surface area (Å²) in [5.74, 6) is 1.89. The lowest BCUT2D eigenvalue weighted by Gasteiger charge is -2.12. The van der Waals surface area contributed by atoms with Gasteiger partial charge in [-0.15, -0.1) is 0 Å². The molecule has 0 bridgehead atoms. The number of rotatable bonds is 3. The first kappa shape index (κ1) is 13.5. The molecule has 0 amide bonds. The topological polar surface area (TPSA) is 51.1 Å². The fraction of sp³-hybridized carbons (Fsp3) is 0.308. The average molecular weight is 279 g/mol. The van der Waals surface area contributed by atoms with Crippen LogP contribution in [0.1, 0.15) is 5.56 Å². The number of anilines is 1. The molecule has 0 aliphatic heterocycles. The normalized spacial score (nSPS) is 10.4. The second kappa shape index (κ2) is 5.40. The van der Waals surface area contributed by atoms with Gasteiger partial charge in [0.1, 0.15) is 5.75 Å². The number of benzene rings is 1. The van der Waals surface area contributed by atoms with E-state index in [2.05, 4.69) is 15.0 Å². The van der Waals surface area contributed by atoms with E-state index >= 15 is 0 Å². The number of methoxy groups -OCH3 is 1. The Morgan fingerprint density at radius 2 is 1.89 bits per heavy atom. The smallest absolute Gasteiger partial charge is 0.229 e. The quantitative estimate of drug-likeness (QED) is 0.864. The molecule has 2 rings (SSSR count). The van der Waals surface area contributed by atoms with E-state index in [1.54, 1.807) is 12.0 Å². The molecule has 0 spiro atoms. The Morgan fingerprint density at radius 3 is 2.47 bits per heavy atom. The van der Waals surface area contributed by atoms with E-state index in [1.807, 2.05) is 39.2 Å². The molecule has 19 heavy (non-hydrogen) atoms. The van der Waals surface area contributed by atoms with Gasteiger partial charge in [-0.3, -0.25) is 0 Å². The molecular formula is C13H15ClN4O. The SMILES string of the molecule is COc1ccc(-c2nc(Cl)nc(N(C)C)n2)c(C)c1. The van der Waals surface area contributed by atoms with Crippen molar-refractivity contribution < 1.29 is 4.74 Å². The Morgan fingerprint density at radius 1 is 1.16 bits per heavy atom. The van der Waals surface area contributed by atoms with E-state index in [0.717, 1.165) is 16.9 Å². The van der Waals surface area contributed by atoms with Crippen LogP contribution < -0.4 is 9.64 Å². The van der Waals surface area contributed by atoms with E-state index in [0.29, 0.717) is 11.8 Å². The number of nitrogens with zero attached hydrogens (tertiary/aromatic N) is 4. The molecule has 0 N–H and O–H groups in total. The summed E-state index contributed by atoms with van der Waals surface area (Å²) in [5.41, 5.74) is 1.93. The highest BCUT2D eigenvalue weighted by molar-refractivity contribution is 6.28. The van der Waals surface area contributed by atoms with Gasteiger partial charge in [0.15, 0.2) is 5.82 Å². The van der Waals surface area contributed by atoms with Gasteiger partial charge in [0.05, 0.1) is 7.11 Å². The van der Waals surface area contributed by atoms with Crippen molar-refractivity contribution in [2.75, 3.05) is 26.1 Å². The highest BCUT2D eigenvalue weighted by Crippen LogP contribution is 2.25. The Kier molecular flexibility index (Phi) is 3.85. The fourth-order valence-electron chi connectivity index (χ4n) is 1.67. The summed E-state index contributed by atoms with van der Waals surface area (Å²) in [6.07, 6.45) is 0. The minimum absolute atomic E-state index is 0.184. The van der Waals surface area contributed by atoms with E-state index in [1.165, 1.54) is 0 Å². The summed E-state index contributed by atoms with van der Waals surface area (Å²) >= 11 is 5.94. The summed E-state index contributed by atoms with van der Waals surface area (Å²) in [6.45, 7) is 1.98. The summed E-state index contributed by atoms with van der Waals surface area (Å²) in [4.78, 5) is 14.4. The maximum Gasteiger partial charge on any atom is 0.229 e. The lowest BCUT2D eigenvalue weighted by Crippen LogP contribution is -2.14. The summed E-state index contributed by atoms with van der Waals surface area (Å²) < 4.78 is 5.18. The van der Waals surface area contributed by atoms with Crippen molar-refractivity contribution in [2.24, 2.45) is 0 Å². The lowest BCUT2D eigenvalue weighted by molar-refractivity contribution is 0.414. The Hall–Kier alpha value is -1.88. The van der Waals surface area contributed by atoms with E-state index in [-0.39, 0.29) is 5.28 Å². The summed E-state index contributed by atoms with van der Waals surface area (Å²) in [7, 11) is 5.35. The first-order chi connectivity index (χ1) is 9.01. The van der Waals surface area contributed by atoms with Crippen LogP contribution in [-0.2, 0) is 0 Å². The van der Waals surface area contributed by atoms with Crippen molar-refractivity contribution in [3.63, 3.8) is 0 Å². The molecule has 1 aromatic carbocycles. The van der Waals surface area contributed by atoms with Gasteiger partial charge in [-0.25, -0.2) is 0 Å². The zero-order valence-electron chi connectivity index (χ0n) is 11.3. The molecular weight excluding hydrogens is 264 g/mol. The number of aromatic nitrogens is 3. The van der Waals surface area contributed by atoms with Crippen molar-refractivity contribution in [1.82, 2.24) is 15.0 Å². The maximum absolute atomic E-state index is 5.94. The molecule has 5 nitrogen and oxygen atoms in total. The Labute approximate surface area is 117 Å². The zero-order chi connectivity index (χ0) is 14.0. The third kappa shape index (κ3) is 2.93. The Balaban J connectivity index is 2.52. The number of halogens is 1. The fourth-order valence-corrected chi connectivity index (χ4v) is 1.83. The highest BCUT2D eigenvalue weighted by Gasteiger charge is 2.11. The zero-order valence-corrected chi connectivity index (χ0v) is 12.1. The van der Waals surface area contributed by atoms with E-state index in [4.69, 9.17) is 16.3 Å². The molecule has 0 saturated carbocycles. The summed E-state index contributed by atoms with van der Waals surface area (Å²) in [5, 5.41) is 0.184. The van der Waals surface area contributed by atoms with Crippen molar-refractivity contribution in [2.45, 2.75) is 6.92 Å². The van der Waals surface area contributed by atoms with Crippen LogP contribution in [0, 0.1) is 6.92 Å². The molecule has 0 fully saturated rings. The van der Waals surface area contributed by atoms with Crippen molar-refractivity contribution in [3.8, 4) is 17.1 Å². The molecule has 1 heterocycles. The van der Waals surface area contributed by atoms with Crippen LogP contribution in [0.5, 0.6) is 5.75 Å². The third-order valence-electron chi connectivity index (χ3n) is 2.67. The number of hydrogen-bond donors (Lipinski definition) is 0. The number of hydrogen-bond acceptors (Lipinski definition) is 5. The molecule has 0 atom stereocenters. The summed E-state index contributed by atoms with van der Waals surface area (Å²) in [6, 6.07) is 5.72. The lowest BCUT2D eigenvalue weighted by atomic mass is 10.1. The maximum atomic E-state index is 5.94. The molecule has 2 aromatic rings. The predicted molar refractivity (Wildman–Crippen MR) is 75.9 cm³/mol. The van der Waals surface area contributed by atoms with Gasteiger partial charge in [-0.1, -0.05) is 0 Å². The van der Waals surface area contributed by atoms with Gasteiger partial charge >= 0.3 is 0 Å². The number of ether oxygens (including phenoxy) is 1. The molecule has 0 aliphatic carbocycles. The molecule has 6 heteroatoms. The van der Waals surface area contributed by atoms with E-state index < -0.39 is 0 Å². The molecule has 0 radical (unpaired) electrons. The van der Waals surface area contributed by atoms with Crippen LogP contribution in [0.4, 0.5) is 5.95 Å². The Bertz CT molecular complexity index is 601. The van der Waals surface area contributed by atoms with E-state index in [9.17, 15) is 0 Å². The van der Waals surface area contributed by atoms with Gasteiger partial charge in [0.25, 0.3) is 0 Å². The average Bonchev–Trinajstić information content (AvgIpc) is 2.37. The second-order valence-electron chi connectivity index (χ2n) is 4.30. The van der Waals surface area contributed by atoms with Crippen LogP contribution in [0.15, 0.2) is 18.2 Å². The first-order valence-electron chi connectivity index (χ1n) is 5.75. The predicted octanol–water partition coefficient (Wildman–Crippen LogP) is 2.58. The van der Waals surface area contributed by atoms with Crippen LogP contribution >= 0.6 is 11.6 Å². The largest absolute Gasteiger partial charge is 0.497 e. The number of aryl methyl sites for hydroxylation is 1. The highest BCUT2D eigenvalue weighted by atomic mass is 35.5. The van der Waals surface area contributed by atoms with Crippen LogP contribution in [0.3, 0.4) is 0 Å². The van der Waals surface area contributed by atoms with Gasteiger partial charge < -0.3 is 9.64 Å². The molecule has 0 unspecified atom stereocenters.